The number of carbonyl (C=O) groups is 2. The standard InChI is InChI=1S/C18H26N4O2/c1-13(23)22-8-4-5-14(12-22)9-16-10-19-11-17(20-16)18(24)21-15-6-2-3-7-15/h10-11,14-15H,2-9,12H2,1H3,(H,21,24). The molecule has 2 amide bonds. The molecule has 6 heteroatoms. The van der Waals surface area contributed by atoms with Crippen molar-refractivity contribution in [3.05, 3.63) is 23.8 Å². The van der Waals surface area contributed by atoms with Crippen LogP contribution in [0.3, 0.4) is 0 Å². The number of hydrogen-bond acceptors (Lipinski definition) is 4. The van der Waals surface area contributed by atoms with Crippen molar-refractivity contribution in [2.75, 3.05) is 13.1 Å². The molecule has 1 saturated carbocycles. The van der Waals surface area contributed by atoms with E-state index in [1.165, 1.54) is 19.0 Å². The van der Waals surface area contributed by atoms with E-state index in [4.69, 9.17) is 0 Å². The van der Waals surface area contributed by atoms with Crippen LogP contribution in [0.5, 0.6) is 0 Å². The molecule has 1 atom stereocenters. The smallest absolute Gasteiger partial charge is 0.271 e. The Bertz CT molecular complexity index is 598. The first-order valence-electron chi connectivity index (χ1n) is 8.99. The molecule has 130 valence electrons. The first-order valence-corrected chi connectivity index (χ1v) is 8.99. The summed E-state index contributed by atoms with van der Waals surface area (Å²) in [7, 11) is 0. The van der Waals surface area contributed by atoms with Crippen molar-refractivity contribution in [2.45, 2.75) is 57.9 Å². The molecular formula is C18H26N4O2. The fourth-order valence-electron chi connectivity index (χ4n) is 3.76. The molecule has 1 aliphatic heterocycles. The van der Waals surface area contributed by atoms with E-state index in [1.54, 1.807) is 13.1 Å². The average molecular weight is 330 g/mol. The number of nitrogens with one attached hydrogen (secondary N) is 1. The van der Waals surface area contributed by atoms with E-state index in [0.29, 0.717) is 11.6 Å². The number of piperidine rings is 1. The third-order valence-electron chi connectivity index (χ3n) is 5.07. The maximum absolute atomic E-state index is 12.3. The molecule has 0 aromatic carbocycles. The lowest BCUT2D eigenvalue weighted by Gasteiger charge is -2.31. The van der Waals surface area contributed by atoms with Gasteiger partial charge in [-0.05, 0) is 38.0 Å². The molecule has 0 spiro atoms. The van der Waals surface area contributed by atoms with Crippen molar-refractivity contribution in [3.63, 3.8) is 0 Å². The molecular weight excluding hydrogens is 304 g/mol. The van der Waals surface area contributed by atoms with Crippen LogP contribution >= 0.6 is 0 Å². The van der Waals surface area contributed by atoms with Crippen molar-refractivity contribution in [2.24, 2.45) is 5.92 Å². The van der Waals surface area contributed by atoms with Crippen LogP contribution in [-0.4, -0.2) is 45.8 Å². The van der Waals surface area contributed by atoms with Crippen LogP contribution in [-0.2, 0) is 11.2 Å². The van der Waals surface area contributed by atoms with Gasteiger partial charge in [0.2, 0.25) is 5.91 Å². The topological polar surface area (TPSA) is 75.2 Å². The molecule has 1 aromatic rings. The lowest BCUT2D eigenvalue weighted by atomic mass is 9.93. The van der Waals surface area contributed by atoms with Crippen LogP contribution in [0, 0.1) is 5.92 Å². The fourth-order valence-corrected chi connectivity index (χ4v) is 3.76. The van der Waals surface area contributed by atoms with Crippen LogP contribution in [0.4, 0.5) is 0 Å². The lowest BCUT2D eigenvalue weighted by molar-refractivity contribution is -0.130. The van der Waals surface area contributed by atoms with Crippen molar-refractivity contribution in [1.82, 2.24) is 20.2 Å². The van der Waals surface area contributed by atoms with Crippen molar-refractivity contribution < 1.29 is 9.59 Å². The third kappa shape index (κ3) is 4.30. The molecule has 0 bridgehead atoms. The zero-order valence-electron chi connectivity index (χ0n) is 14.3. The highest BCUT2D eigenvalue weighted by molar-refractivity contribution is 5.92. The summed E-state index contributed by atoms with van der Waals surface area (Å²) in [6, 6.07) is 0.283. The summed E-state index contributed by atoms with van der Waals surface area (Å²) in [5.41, 5.74) is 1.24. The quantitative estimate of drug-likeness (QED) is 0.915. The maximum atomic E-state index is 12.3. The second-order valence-corrected chi connectivity index (χ2v) is 7.03. The van der Waals surface area contributed by atoms with E-state index >= 15 is 0 Å². The highest BCUT2D eigenvalue weighted by Gasteiger charge is 2.23. The van der Waals surface area contributed by atoms with Gasteiger partial charge < -0.3 is 10.2 Å². The monoisotopic (exact) mass is 330 g/mol. The van der Waals surface area contributed by atoms with E-state index in [0.717, 1.165) is 50.9 Å². The molecule has 2 fully saturated rings. The van der Waals surface area contributed by atoms with E-state index in [9.17, 15) is 9.59 Å². The molecule has 1 N–H and O–H groups in total. The summed E-state index contributed by atoms with van der Waals surface area (Å²) in [6.45, 7) is 3.24. The van der Waals surface area contributed by atoms with Gasteiger partial charge >= 0.3 is 0 Å². The molecule has 2 aliphatic rings. The number of likely N-dealkylation sites (tertiary alicyclic amines) is 1. The summed E-state index contributed by atoms with van der Waals surface area (Å²) >= 11 is 0. The van der Waals surface area contributed by atoms with E-state index in [-0.39, 0.29) is 17.9 Å². The van der Waals surface area contributed by atoms with E-state index < -0.39 is 0 Å². The number of aromatic nitrogens is 2. The molecule has 1 unspecified atom stereocenters. The number of rotatable bonds is 4. The van der Waals surface area contributed by atoms with E-state index in [1.807, 2.05) is 4.90 Å². The van der Waals surface area contributed by atoms with Gasteiger partial charge in [-0.25, -0.2) is 4.98 Å². The molecule has 1 aliphatic carbocycles. The second kappa shape index (κ2) is 7.73. The largest absolute Gasteiger partial charge is 0.348 e. The normalized spacial score (nSPS) is 21.7. The molecule has 2 heterocycles. The Morgan fingerprint density at radius 3 is 2.75 bits per heavy atom. The molecule has 0 radical (unpaired) electrons. The molecule has 1 aromatic heterocycles. The van der Waals surface area contributed by atoms with Crippen molar-refractivity contribution >= 4 is 11.8 Å². The summed E-state index contributed by atoms with van der Waals surface area (Å²) in [5.74, 6) is 0.408. The minimum Gasteiger partial charge on any atom is -0.348 e. The lowest BCUT2D eigenvalue weighted by Crippen LogP contribution is -2.39. The zero-order valence-corrected chi connectivity index (χ0v) is 14.3. The van der Waals surface area contributed by atoms with Gasteiger partial charge in [-0.2, -0.15) is 0 Å². The van der Waals surface area contributed by atoms with Gasteiger partial charge in [0.25, 0.3) is 5.91 Å². The Kier molecular flexibility index (Phi) is 5.43. The summed E-state index contributed by atoms with van der Waals surface area (Å²) in [6.07, 6.45) is 10.6. The van der Waals surface area contributed by atoms with Crippen LogP contribution in [0.2, 0.25) is 0 Å². The Morgan fingerprint density at radius 1 is 1.21 bits per heavy atom. The Balaban J connectivity index is 1.60. The maximum Gasteiger partial charge on any atom is 0.271 e. The number of hydrogen-bond donors (Lipinski definition) is 1. The van der Waals surface area contributed by atoms with Crippen LogP contribution in [0.1, 0.15) is 61.6 Å². The average Bonchev–Trinajstić information content (AvgIpc) is 3.08. The van der Waals surface area contributed by atoms with E-state index in [2.05, 4.69) is 15.3 Å². The van der Waals surface area contributed by atoms with Crippen molar-refractivity contribution in [1.29, 1.82) is 0 Å². The highest BCUT2D eigenvalue weighted by Crippen LogP contribution is 2.20. The summed E-state index contributed by atoms with van der Waals surface area (Å²) in [5, 5.41) is 3.05. The van der Waals surface area contributed by atoms with Gasteiger partial charge in [0.05, 0.1) is 11.9 Å². The first kappa shape index (κ1) is 16.9. The summed E-state index contributed by atoms with van der Waals surface area (Å²) < 4.78 is 0. The molecule has 6 nitrogen and oxygen atoms in total. The van der Waals surface area contributed by atoms with Crippen LogP contribution in [0.15, 0.2) is 12.4 Å². The van der Waals surface area contributed by atoms with Crippen LogP contribution in [0.25, 0.3) is 0 Å². The Labute approximate surface area is 143 Å². The van der Waals surface area contributed by atoms with Gasteiger partial charge in [0.15, 0.2) is 0 Å². The predicted molar refractivity (Wildman–Crippen MR) is 90.4 cm³/mol. The van der Waals surface area contributed by atoms with Gasteiger partial charge in [-0.1, -0.05) is 12.8 Å². The first-order chi connectivity index (χ1) is 11.6. The Morgan fingerprint density at radius 2 is 2.00 bits per heavy atom. The zero-order chi connectivity index (χ0) is 16.9. The predicted octanol–water partition coefficient (Wildman–Crippen LogP) is 1.95. The van der Waals surface area contributed by atoms with Gasteiger partial charge in [0.1, 0.15) is 5.69 Å². The van der Waals surface area contributed by atoms with Gasteiger partial charge in [-0.15, -0.1) is 0 Å². The minimum atomic E-state index is -0.120. The molecule has 1 saturated heterocycles. The Hall–Kier alpha value is -1.98. The number of nitrogens with zero attached hydrogens (tertiary/aromatic N) is 3. The summed E-state index contributed by atoms with van der Waals surface area (Å²) in [4.78, 5) is 34.5. The number of carbonyl (C=O) groups excluding carboxylic acids is 2. The molecule has 24 heavy (non-hydrogen) atoms. The van der Waals surface area contributed by atoms with Gasteiger partial charge in [-0.3, -0.25) is 14.6 Å². The second-order valence-electron chi connectivity index (χ2n) is 7.03. The minimum absolute atomic E-state index is 0.120. The van der Waals surface area contributed by atoms with Gasteiger partial charge in [0, 0.05) is 32.3 Å². The van der Waals surface area contributed by atoms with Crippen LogP contribution < -0.4 is 5.32 Å². The highest BCUT2D eigenvalue weighted by atomic mass is 16.2. The number of amides is 2. The van der Waals surface area contributed by atoms with Crippen molar-refractivity contribution in [3.8, 4) is 0 Å². The third-order valence-corrected chi connectivity index (χ3v) is 5.07. The SMILES string of the molecule is CC(=O)N1CCCC(Cc2cncc(C(=O)NC3CCCC3)n2)C1. The fraction of sp³-hybridized carbons (Fsp3) is 0.667. The molecule has 3 rings (SSSR count).